The molecule has 24 heavy (non-hydrogen) atoms. The van der Waals surface area contributed by atoms with Crippen LogP contribution in [0, 0.1) is 5.41 Å². The number of carbonyl (C=O) groups is 1. The number of nitrogens with one attached hydrogen (secondary N) is 1. The number of ether oxygens (including phenoxy) is 1. The summed E-state index contributed by atoms with van der Waals surface area (Å²) < 4.78 is 5.65. The number of piperidine rings is 2. The first-order valence-electron chi connectivity index (χ1n) is 8.95. The van der Waals surface area contributed by atoms with Gasteiger partial charge >= 0.3 is 0 Å². The fraction of sp³-hybridized carbons (Fsp3) is 0.632. The zero-order chi connectivity index (χ0) is 16.1. The van der Waals surface area contributed by atoms with Crippen LogP contribution in [0.1, 0.15) is 49.4 Å². The van der Waals surface area contributed by atoms with Gasteiger partial charge in [-0.15, -0.1) is 12.4 Å². The normalized spacial score (nSPS) is 19.6. The molecule has 2 heterocycles. The molecule has 2 aliphatic rings. The summed E-state index contributed by atoms with van der Waals surface area (Å²) in [6.07, 6.45) is 5.78. The molecule has 0 aromatic heterocycles. The second-order valence-electron chi connectivity index (χ2n) is 6.92. The van der Waals surface area contributed by atoms with E-state index in [1.54, 1.807) is 0 Å². The van der Waals surface area contributed by atoms with Crippen LogP contribution in [0.2, 0.25) is 0 Å². The van der Waals surface area contributed by atoms with Gasteiger partial charge in [0.2, 0.25) is 0 Å². The van der Waals surface area contributed by atoms with Crippen LogP contribution in [0.3, 0.4) is 0 Å². The van der Waals surface area contributed by atoms with Crippen molar-refractivity contribution in [2.75, 3.05) is 32.8 Å². The molecule has 0 atom stereocenters. The summed E-state index contributed by atoms with van der Waals surface area (Å²) in [5.74, 6) is 0.945. The molecule has 0 saturated carbocycles. The van der Waals surface area contributed by atoms with E-state index in [2.05, 4.69) is 12.2 Å². The Morgan fingerprint density at radius 3 is 2.58 bits per heavy atom. The standard InChI is InChI=1S/C19H28N2O2.ClH/c1-2-14-23-17-5-3-4-16(15-17)18(22)21-12-8-19(9-13-21)6-10-20-11-7-19;/h3-5,15,20H,2,6-14H2,1H3;1H. The fourth-order valence-corrected chi connectivity index (χ4v) is 3.76. The summed E-state index contributed by atoms with van der Waals surface area (Å²) in [6, 6.07) is 7.62. The third-order valence-corrected chi connectivity index (χ3v) is 5.33. The van der Waals surface area contributed by atoms with Crippen LogP contribution in [0.4, 0.5) is 0 Å². The molecule has 4 nitrogen and oxygen atoms in total. The zero-order valence-electron chi connectivity index (χ0n) is 14.6. The monoisotopic (exact) mass is 352 g/mol. The molecule has 0 radical (unpaired) electrons. The van der Waals surface area contributed by atoms with Gasteiger partial charge in [0, 0.05) is 18.7 Å². The van der Waals surface area contributed by atoms with Crippen LogP contribution in [-0.4, -0.2) is 43.6 Å². The van der Waals surface area contributed by atoms with E-state index in [-0.39, 0.29) is 18.3 Å². The minimum atomic E-state index is 0. The topological polar surface area (TPSA) is 41.6 Å². The number of nitrogens with zero attached hydrogens (tertiary/aromatic N) is 1. The highest BCUT2D eigenvalue weighted by Gasteiger charge is 2.36. The molecule has 2 aliphatic heterocycles. The molecule has 2 saturated heterocycles. The van der Waals surface area contributed by atoms with Crippen molar-refractivity contribution in [1.29, 1.82) is 0 Å². The number of halogens is 1. The van der Waals surface area contributed by atoms with Crippen LogP contribution in [0.15, 0.2) is 24.3 Å². The maximum absolute atomic E-state index is 12.8. The van der Waals surface area contributed by atoms with Crippen molar-refractivity contribution < 1.29 is 9.53 Å². The molecule has 3 rings (SSSR count). The number of carbonyl (C=O) groups excluding carboxylic acids is 1. The fourth-order valence-electron chi connectivity index (χ4n) is 3.76. The van der Waals surface area contributed by atoms with E-state index in [4.69, 9.17) is 4.74 Å². The Bertz CT molecular complexity index is 534. The quantitative estimate of drug-likeness (QED) is 0.901. The largest absolute Gasteiger partial charge is 0.494 e. The maximum atomic E-state index is 12.8. The second kappa shape index (κ2) is 8.72. The molecular formula is C19H29ClN2O2. The van der Waals surface area contributed by atoms with E-state index in [0.717, 1.165) is 56.8 Å². The molecule has 0 unspecified atom stereocenters. The van der Waals surface area contributed by atoms with Crippen molar-refractivity contribution in [3.63, 3.8) is 0 Å². The van der Waals surface area contributed by atoms with Gasteiger partial charge in [0.1, 0.15) is 5.75 Å². The van der Waals surface area contributed by atoms with E-state index < -0.39 is 0 Å². The van der Waals surface area contributed by atoms with E-state index >= 15 is 0 Å². The Balaban J connectivity index is 0.00000208. The highest BCUT2D eigenvalue weighted by molar-refractivity contribution is 5.94. The number of benzene rings is 1. The average Bonchev–Trinajstić information content (AvgIpc) is 2.61. The van der Waals surface area contributed by atoms with Crippen LogP contribution < -0.4 is 10.1 Å². The van der Waals surface area contributed by atoms with Crippen molar-refractivity contribution in [1.82, 2.24) is 10.2 Å². The lowest BCUT2D eigenvalue weighted by Gasteiger charge is -2.44. The minimum Gasteiger partial charge on any atom is -0.494 e. The summed E-state index contributed by atoms with van der Waals surface area (Å²) in [5, 5.41) is 3.44. The third-order valence-electron chi connectivity index (χ3n) is 5.33. The lowest BCUT2D eigenvalue weighted by Crippen LogP contribution is -2.47. The lowest BCUT2D eigenvalue weighted by atomic mass is 9.71. The number of amides is 1. The van der Waals surface area contributed by atoms with Crippen LogP contribution in [0.25, 0.3) is 0 Å². The number of hydrogen-bond donors (Lipinski definition) is 1. The van der Waals surface area contributed by atoms with Crippen molar-refractivity contribution in [3.05, 3.63) is 29.8 Å². The summed E-state index contributed by atoms with van der Waals surface area (Å²) in [6.45, 7) is 6.81. The average molecular weight is 353 g/mol. The number of hydrogen-bond acceptors (Lipinski definition) is 3. The molecule has 1 spiro atoms. The van der Waals surface area contributed by atoms with Gasteiger partial charge < -0.3 is 15.0 Å². The van der Waals surface area contributed by atoms with Crippen LogP contribution in [0.5, 0.6) is 5.75 Å². The molecule has 0 bridgehead atoms. The molecule has 1 N–H and O–H groups in total. The second-order valence-corrected chi connectivity index (χ2v) is 6.92. The lowest BCUT2D eigenvalue weighted by molar-refractivity contribution is 0.0495. The third kappa shape index (κ3) is 4.42. The van der Waals surface area contributed by atoms with Gasteiger partial charge in [-0.25, -0.2) is 0 Å². The van der Waals surface area contributed by atoms with Crippen LogP contribution in [-0.2, 0) is 0 Å². The van der Waals surface area contributed by atoms with Crippen molar-refractivity contribution in [3.8, 4) is 5.75 Å². The SMILES string of the molecule is CCCOc1cccc(C(=O)N2CCC3(CCNCC3)CC2)c1.Cl. The first-order chi connectivity index (χ1) is 11.2. The molecule has 0 aliphatic carbocycles. The Kier molecular flexibility index (Phi) is 6.93. The van der Waals surface area contributed by atoms with E-state index in [1.807, 2.05) is 29.2 Å². The number of likely N-dealkylation sites (tertiary alicyclic amines) is 1. The molecule has 134 valence electrons. The summed E-state index contributed by atoms with van der Waals surface area (Å²) in [5.41, 5.74) is 1.23. The first kappa shape index (κ1) is 19.1. The molecule has 1 aromatic rings. The molecule has 2 fully saturated rings. The molecule has 5 heteroatoms. The zero-order valence-corrected chi connectivity index (χ0v) is 15.4. The summed E-state index contributed by atoms with van der Waals surface area (Å²) in [7, 11) is 0. The smallest absolute Gasteiger partial charge is 0.253 e. The van der Waals surface area contributed by atoms with Gasteiger partial charge in [0.15, 0.2) is 0 Å². The first-order valence-corrected chi connectivity index (χ1v) is 8.95. The highest BCUT2D eigenvalue weighted by Crippen LogP contribution is 2.39. The van der Waals surface area contributed by atoms with Gasteiger partial charge in [0.25, 0.3) is 5.91 Å². The summed E-state index contributed by atoms with van der Waals surface area (Å²) >= 11 is 0. The van der Waals surface area contributed by atoms with Crippen LogP contribution >= 0.6 is 12.4 Å². The van der Waals surface area contributed by atoms with Gasteiger partial charge in [-0.1, -0.05) is 13.0 Å². The van der Waals surface area contributed by atoms with Gasteiger partial charge in [-0.05, 0) is 68.8 Å². The van der Waals surface area contributed by atoms with Gasteiger partial charge in [-0.2, -0.15) is 0 Å². The predicted octanol–water partition coefficient (Wildman–Crippen LogP) is 3.50. The molecular weight excluding hydrogens is 324 g/mol. The Morgan fingerprint density at radius 1 is 1.21 bits per heavy atom. The number of rotatable bonds is 4. The van der Waals surface area contributed by atoms with E-state index in [9.17, 15) is 4.79 Å². The van der Waals surface area contributed by atoms with Gasteiger partial charge in [0.05, 0.1) is 6.61 Å². The Morgan fingerprint density at radius 2 is 1.92 bits per heavy atom. The van der Waals surface area contributed by atoms with E-state index in [1.165, 1.54) is 12.8 Å². The molecule has 1 aromatic carbocycles. The van der Waals surface area contributed by atoms with Crippen molar-refractivity contribution >= 4 is 18.3 Å². The van der Waals surface area contributed by atoms with Gasteiger partial charge in [-0.3, -0.25) is 4.79 Å². The highest BCUT2D eigenvalue weighted by atomic mass is 35.5. The van der Waals surface area contributed by atoms with Crippen molar-refractivity contribution in [2.24, 2.45) is 5.41 Å². The minimum absolute atomic E-state index is 0. The van der Waals surface area contributed by atoms with E-state index in [0.29, 0.717) is 12.0 Å². The molecule has 1 amide bonds. The predicted molar refractivity (Wildman–Crippen MR) is 99.2 cm³/mol. The summed E-state index contributed by atoms with van der Waals surface area (Å²) in [4.78, 5) is 14.8. The Hall–Kier alpha value is -1.26. The van der Waals surface area contributed by atoms with Crippen molar-refractivity contribution in [2.45, 2.75) is 39.0 Å². The Labute approximate surface area is 151 Å². The maximum Gasteiger partial charge on any atom is 0.253 e.